The van der Waals surface area contributed by atoms with Gasteiger partial charge in [0.25, 0.3) is 0 Å². The number of anilines is 2. The molecule has 1 aromatic heterocycles. The number of nitrogens with zero attached hydrogens (tertiary/aromatic N) is 4. The molecular weight excluding hydrogens is 402 g/mol. The maximum absolute atomic E-state index is 12.5. The van der Waals surface area contributed by atoms with Crippen LogP contribution in [0.2, 0.25) is 0 Å². The zero-order valence-electron chi connectivity index (χ0n) is 16.4. The van der Waals surface area contributed by atoms with Crippen LogP contribution in [-0.4, -0.2) is 46.0 Å². The van der Waals surface area contributed by atoms with Gasteiger partial charge in [-0.3, -0.25) is 14.2 Å². The second-order valence-electron chi connectivity index (χ2n) is 6.69. The summed E-state index contributed by atoms with van der Waals surface area (Å²) in [6, 6.07) is 14.9. The van der Waals surface area contributed by atoms with Gasteiger partial charge in [0.05, 0.1) is 18.6 Å². The second-order valence-corrected chi connectivity index (χ2v) is 7.63. The van der Waals surface area contributed by atoms with E-state index < -0.39 is 0 Å². The molecule has 1 N–H and O–H groups in total. The van der Waals surface area contributed by atoms with Crippen LogP contribution in [0.3, 0.4) is 0 Å². The van der Waals surface area contributed by atoms with Crippen molar-refractivity contribution in [1.82, 2.24) is 14.8 Å². The quantitative estimate of drug-likeness (QED) is 0.588. The largest absolute Gasteiger partial charge is 0.495 e. The van der Waals surface area contributed by atoms with Gasteiger partial charge >= 0.3 is 0 Å². The minimum atomic E-state index is -0.167. The van der Waals surface area contributed by atoms with Gasteiger partial charge in [-0.15, -0.1) is 10.2 Å². The average molecular weight is 423 g/mol. The molecular formula is C21H21N5O3S. The molecule has 1 fully saturated rings. The van der Waals surface area contributed by atoms with Crippen LogP contribution in [-0.2, 0) is 9.59 Å². The first-order valence-corrected chi connectivity index (χ1v) is 10.5. The van der Waals surface area contributed by atoms with E-state index in [1.807, 2.05) is 48.5 Å². The van der Waals surface area contributed by atoms with Crippen LogP contribution < -0.4 is 15.0 Å². The topological polar surface area (TPSA) is 89.3 Å². The second kappa shape index (κ2) is 9.00. The van der Waals surface area contributed by atoms with E-state index in [4.69, 9.17) is 4.74 Å². The molecule has 1 aliphatic rings. The first-order valence-electron chi connectivity index (χ1n) is 9.52. The molecule has 8 nitrogen and oxygen atoms in total. The Morgan fingerprint density at radius 2 is 2.10 bits per heavy atom. The molecule has 0 saturated carbocycles. The van der Waals surface area contributed by atoms with Crippen LogP contribution in [0, 0.1) is 0 Å². The van der Waals surface area contributed by atoms with E-state index in [9.17, 15) is 9.59 Å². The van der Waals surface area contributed by atoms with Crippen LogP contribution >= 0.6 is 11.8 Å². The lowest BCUT2D eigenvalue weighted by molar-refractivity contribution is -0.117. The normalized spacial score (nSPS) is 13.5. The highest BCUT2D eigenvalue weighted by Gasteiger charge is 2.22. The van der Waals surface area contributed by atoms with Crippen molar-refractivity contribution in [2.24, 2.45) is 0 Å². The molecule has 0 bridgehead atoms. The number of para-hydroxylation sites is 2. The summed E-state index contributed by atoms with van der Waals surface area (Å²) in [7, 11) is 1.60. The molecule has 30 heavy (non-hydrogen) atoms. The fourth-order valence-electron chi connectivity index (χ4n) is 3.32. The van der Waals surface area contributed by atoms with Crippen molar-refractivity contribution in [2.75, 3.05) is 29.6 Å². The average Bonchev–Trinajstić information content (AvgIpc) is 3.41. The highest BCUT2D eigenvalue weighted by Crippen LogP contribution is 2.27. The molecule has 1 saturated heterocycles. The third-order valence-electron chi connectivity index (χ3n) is 4.71. The summed E-state index contributed by atoms with van der Waals surface area (Å²) in [5.74, 6) is 0.807. The zero-order valence-corrected chi connectivity index (χ0v) is 17.3. The molecule has 9 heteroatoms. The highest BCUT2D eigenvalue weighted by atomic mass is 32.2. The summed E-state index contributed by atoms with van der Waals surface area (Å²) in [4.78, 5) is 26.2. The number of rotatable bonds is 7. The minimum absolute atomic E-state index is 0.115. The summed E-state index contributed by atoms with van der Waals surface area (Å²) in [6.45, 7) is 0.713. The number of aromatic nitrogens is 3. The van der Waals surface area contributed by atoms with Crippen molar-refractivity contribution in [3.05, 3.63) is 54.9 Å². The maximum Gasteiger partial charge on any atom is 0.234 e. The Morgan fingerprint density at radius 1 is 1.23 bits per heavy atom. The first kappa shape index (κ1) is 20.0. The SMILES string of the molecule is COc1ccccc1-n1cnnc1SCC(=O)Nc1cccc(N2CCCC2=O)c1. The molecule has 1 aliphatic heterocycles. The highest BCUT2D eigenvalue weighted by molar-refractivity contribution is 7.99. The number of hydrogen-bond donors (Lipinski definition) is 1. The number of nitrogens with one attached hydrogen (secondary N) is 1. The van der Waals surface area contributed by atoms with Gasteiger partial charge < -0.3 is 15.0 Å². The Labute approximate surface area is 178 Å². The van der Waals surface area contributed by atoms with Gasteiger partial charge in [-0.1, -0.05) is 30.0 Å². The summed E-state index contributed by atoms with van der Waals surface area (Å²) in [5.41, 5.74) is 2.26. The Balaban J connectivity index is 1.41. The number of thioether (sulfide) groups is 1. The number of carbonyl (C=O) groups excluding carboxylic acids is 2. The van der Waals surface area contributed by atoms with Gasteiger partial charge in [0.1, 0.15) is 12.1 Å². The van der Waals surface area contributed by atoms with E-state index in [0.29, 0.717) is 29.6 Å². The van der Waals surface area contributed by atoms with E-state index in [-0.39, 0.29) is 17.6 Å². The van der Waals surface area contributed by atoms with Crippen LogP contribution in [0.1, 0.15) is 12.8 Å². The zero-order chi connectivity index (χ0) is 20.9. The molecule has 3 aromatic rings. The summed E-state index contributed by atoms with van der Waals surface area (Å²) >= 11 is 1.28. The Bertz CT molecular complexity index is 1070. The minimum Gasteiger partial charge on any atom is -0.495 e. The predicted molar refractivity (Wildman–Crippen MR) is 115 cm³/mol. The monoisotopic (exact) mass is 423 g/mol. The summed E-state index contributed by atoms with van der Waals surface area (Å²) < 4.78 is 7.18. The van der Waals surface area contributed by atoms with Crippen LogP contribution in [0.5, 0.6) is 5.75 Å². The molecule has 0 spiro atoms. The van der Waals surface area contributed by atoms with E-state index in [1.54, 1.807) is 22.9 Å². The van der Waals surface area contributed by atoms with Crippen molar-refractivity contribution in [1.29, 1.82) is 0 Å². The van der Waals surface area contributed by atoms with Gasteiger partial charge in [-0.25, -0.2) is 0 Å². The molecule has 2 heterocycles. The first-order chi connectivity index (χ1) is 14.7. The Morgan fingerprint density at radius 3 is 2.90 bits per heavy atom. The van der Waals surface area contributed by atoms with E-state index in [0.717, 1.165) is 17.8 Å². The predicted octanol–water partition coefficient (Wildman–Crippen LogP) is 3.13. The third-order valence-corrected chi connectivity index (χ3v) is 5.65. The summed E-state index contributed by atoms with van der Waals surface area (Å²) in [5, 5.41) is 11.6. The van der Waals surface area contributed by atoms with Gasteiger partial charge in [-0.05, 0) is 36.8 Å². The van der Waals surface area contributed by atoms with Gasteiger partial charge in [0.15, 0.2) is 5.16 Å². The lowest BCUT2D eigenvalue weighted by Crippen LogP contribution is -2.23. The molecule has 0 unspecified atom stereocenters. The standard InChI is InChI=1S/C21H21N5O3S/c1-29-18-9-3-2-8-17(18)26-14-22-24-21(26)30-13-19(27)23-15-6-4-7-16(12-15)25-11-5-10-20(25)28/h2-4,6-9,12,14H,5,10-11,13H2,1H3,(H,23,27). The van der Waals surface area contributed by atoms with Crippen molar-refractivity contribution in [2.45, 2.75) is 18.0 Å². The fourth-order valence-corrected chi connectivity index (χ4v) is 4.04. The van der Waals surface area contributed by atoms with Crippen molar-refractivity contribution in [3.63, 3.8) is 0 Å². The number of hydrogen-bond acceptors (Lipinski definition) is 6. The maximum atomic E-state index is 12.5. The van der Waals surface area contributed by atoms with E-state index in [1.165, 1.54) is 11.8 Å². The molecule has 0 radical (unpaired) electrons. The van der Waals surface area contributed by atoms with Crippen LogP contribution in [0.15, 0.2) is 60.0 Å². The molecule has 154 valence electrons. The third kappa shape index (κ3) is 4.30. The van der Waals surface area contributed by atoms with Gasteiger partial charge in [0.2, 0.25) is 11.8 Å². The number of amides is 2. The van der Waals surface area contributed by atoms with Crippen molar-refractivity contribution < 1.29 is 14.3 Å². The Kier molecular flexibility index (Phi) is 5.99. The lowest BCUT2D eigenvalue weighted by Gasteiger charge is -2.16. The number of carbonyl (C=O) groups is 2. The van der Waals surface area contributed by atoms with Crippen molar-refractivity contribution >= 4 is 35.0 Å². The lowest BCUT2D eigenvalue weighted by atomic mass is 10.2. The number of ether oxygens (including phenoxy) is 1. The van der Waals surface area contributed by atoms with Crippen LogP contribution in [0.4, 0.5) is 11.4 Å². The van der Waals surface area contributed by atoms with E-state index in [2.05, 4.69) is 15.5 Å². The molecule has 0 aliphatic carbocycles. The van der Waals surface area contributed by atoms with E-state index >= 15 is 0 Å². The number of methoxy groups -OCH3 is 1. The molecule has 0 atom stereocenters. The fraction of sp³-hybridized carbons (Fsp3) is 0.238. The molecule has 2 amide bonds. The van der Waals surface area contributed by atoms with Gasteiger partial charge in [0, 0.05) is 24.3 Å². The van der Waals surface area contributed by atoms with Crippen molar-refractivity contribution in [3.8, 4) is 11.4 Å². The summed E-state index contributed by atoms with van der Waals surface area (Å²) in [6.07, 6.45) is 3.02. The smallest absolute Gasteiger partial charge is 0.234 e. The molecule has 2 aromatic carbocycles. The Hall–Kier alpha value is -3.33. The van der Waals surface area contributed by atoms with Gasteiger partial charge in [-0.2, -0.15) is 0 Å². The number of benzene rings is 2. The van der Waals surface area contributed by atoms with Crippen LogP contribution in [0.25, 0.3) is 5.69 Å². The molecule has 4 rings (SSSR count).